The number of nitrogens with one attached hydrogen (secondary N) is 1. The van der Waals surface area contributed by atoms with Gasteiger partial charge in [-0.25, -0.2) is 8.78 Å². The van der Waals surface area contributed by atoms with Crippen molar-refractivity contribution < 1.29 is 23.5 Å². The van der Waals surface area contributed by atoms with Gasteiger partial charge in [0.25, 0.3) is 11.8 Å². The van der Waals surface area contributed by atoms with Gasteiger partial charge in [0.1, 0.15) is 17.4 Å². The molecule has 5 nitrogen and oxygen atoms in total. The number of hydrogen-bond donors (Lipinski definition) is 2. The number of aromatic hydroxyl groups is 1. The number of halogens is 2. The minimum Gasteiger partial charge on any atom is -0.507 e. The highest BCUT2D eigenvalue weighted by Gasteiger charge is 2.22. The van der Waals surface area contributed by atoms with E-state index in [2.05, 4.69) is 5.32 Å². The number of benzene rings is 3. The van der Waals surface area contributed by atoms with Crippen LogP contribution >= 0.6 is 0 Å². The number of rotatable bonds is 4. The van der Waals surface area contributed by atoms with Gasteiger partial charge in [0.05, 0.1) is 5.56 Å². The van der Waals surface area contributed by atoms with E-state index in [1.54, 1.807) is 4.90 Å². The molecule has 4 rings (SSSR count). The van der Waals surface area contributed by atoms with E-state index >= 15 is 0 Å². The van der Waals surface area contributed by atoms with Crippen LogP contribution in [-0.2, 0) is 0 Å². The molecule has 0 saturated heterocycles. The van der Waals surface area contributed by atoms with Crippen molar-refractivity contribution in [3.05, 3.63) is 101 Å². The first-order valence-corrected chi connectivity index (χ1v) is 10.0. The molecule has 1 heterocycles. The van der Waals surface area contributed by atoms with E-state index in [-0.39, 0.29) is 28.5 Å². The van der Waals surface area contributed by atoms with Gasteiger partial charge in [-0.05, 0) is 41.8 Å². The maximum absolute atomic E-state index is 13.3. The van der Waals surface area contributed by atoms with Crippen molar-refractivity contribution in [1.82, 2.24) is 4.90 Å². The first-order chi connectivity index (χ1) is 15.4. The molecule has 0 atom stereocenters. The van der Waals surface area contributed by atoms with Gasteiger partial charge in [0.2, 0.25) is 0 Å². The van der Waals surface area contributed by atoms with Crippen LogP contribution in [0.5, 0.6) is 5.75 Å². The van der Waals surface area contributed by atoms with Crippen LogP contribution in [0.2, 0.25) is 0 Å². The molecule has 2 amide bonds. The van der Waals surface area contributed by atoms with Crippen molar-refractivity contribution in [3.63, 3.8) is 0 Å². The second-order valence-electron chi connectivity index (χ2n) is 7.44. The molecule has 0 saturated carbocycles. The summed E-state index contributed by atoms with van der Waals surface area (Å²) in [5.74, 6) is -3.10. The van der Waals surface area contributed by atoms with Crippen LogP contribution in [0.1, 0.15) is 32.7 Å². The molecule has 0 aliphatic carbocycles. The molecular weight excluding hydrogens is 414 g/mol. The minimum absolute atomic E-state index is 0.108. The molecule has 0 unspecified atom stereocenters. The molecule has 1 aliphatic rings. The molecule has 2 N–H and O–H groups in total. The summed E-state index contributed by atoms with van der Waals surface area (Å²) < 4.78 is 26.6. The van der Waals surface area contributed by atoms with Crippen LogP contribution in [0, 0.1) is 11.6 Å². The zero-order chi connectivity index (χ0) is 22.7. The second-order valence-corrected chi connectivity index (χ2v) is 7.44. The lowest BCUT2D eigenvalue weighted by molar-refractivity contribution is 0.0769. The molecule has 162 valence electrons. The van der Waals surface area contributed by atoms with Crippen molar-refractivity contribution in [2.45, 2.75) is 6.42 Å². The molecule has 0 aromatic heterocycles. The van der Waals surface area contributed by atoms with Crippen LogP contribution in [0.25, 0.3) is 5.57 Å². The van der Waals surface area contributed by atoms with Crippen molar-refractivity contribution in [2.75, 3.05) is 18.4 Å². The Hall–Kier alpha value is -4.00. The topological polar surface area (TPSA) is 69.6 Å². The van der Waals surface area contributed by atoms with Crippen LogP contribution < -0.4 is 5.32 Å². The summed E-state index contributed by atoms with van der Waals surface area (Å²) in [5, 5.41) is 12.8. The highest BCUT2D eigenvalue weighted by atomic mass is 19.1. The van der Waals surface area contributed by atoms with Crippen LogP contribution in [0.4, 0.5) is 14.5 Å². The van der Waals surface area contributed by atoms with Crippen LogP contribution in [0.15, 0.2) is 72.8 Å². The van der Waals surface area contributed by atoms with E-state index in [0.29, 0.717) is 25.6 Å². The smallest absolute Gasteiger partial charge is 0.257 e. The Labute approximate surface area is 183 Å². The highest BCUT2D eigenvalue weighted by molar-refractivity contribution is 6.05. The third-order valence-electron chi connectivity index (χ3n) is 5.25. The molecule has 0 bridgehead atoms. The third kappa shape index (κ3) is 4.67. The van der Waals surface area contributed by atoms with Gasteiger partial charge in [-0.3, -0.25) is 9.59 Å². The number of phenols is 1. The van der Waals surface area contributed by atoms with Crippen molar-refractivity contribution in [1.29, 1.82) is 0 Å². The number of carbonyl (C=O) groups excluding carboxylic acids is 2. The van der Waals surface area contributed by atoms with Gasteiger partial charge in [-0.1, -0.05) is 36.4 Å². The molecule has 1 aliphatic heterocycles. The molecule has 7 heteroatoms. The van der Waals surface area contributed by atoms with E-state index in [1.165, 1.54) is 23.8 Å². The largest absolute Gasteiger partial charge is 0.507 e. The summed E-state index contributed by atoms with van der Waals surface area (Å²) in [5.41, 5.74) is 2.40. The SMILES string of the molecule is O=C(Nc1ccc(C(=O)N2CC=C(c3ccccc3)CC2)c(O)c1)c1cc(F)cc(F)c1. The normalized spacial score (nSPS) is 13.4. The zero-order valence-electron chi connectivity index (χ0n) is 17.0. The Balaban J connectivity index is 1.44. The molecule has 3 aromatic carbocycles. The standard InChI is InChI=1S/C25H20F2N2O3/c26-19-12-18(13-20(27)14-19)24(31)28-21-6-7-22(23(30)15-21)25(32)29-10-8-17(9-11-29)16-4-2-1-3-5-16/h1-8,12-15,30H,9-11H2,(H,28,31). The summed E-state index contributed by atoms with van der Waals surface area (Å²) in [7, 11) is 0. The maximum atomic E-state index is 13.3. The second kappa shape index (κ2) is 9.01. The monoisotopic (exact) mass is 434 g/mol. The van der Waals surface area contributed by atoms with Gasteiger partial charge in [-0.2, -0.15) is 0 Å². The minimum atomic E-state index is -0.870. The van der Waals surface area contributed by atoms with E-state index in [0.717, 1.165) is 17.7 Å². The Kier molecular flexibility index (Phi) is 5.98. The zero-order valence-corrected chi connectivity index (χ0v) is 17.0. The lowest BCUT2D eigenvalue weighted by Gasteiger charge is -2.27. The fourth-order valence-corrected chi connectivity index (χ4v) is 3.62. The van der Waals surface area contributed by atoms with Crippen LogP contribution in [0.3, 0.4) is 0 Å². The Morgan fingerprint density at radius 2 is 1.66 bits per heavy atom. The predicted molar refractivity (Wildman–Crippen MR) is 117 cm³/mol. The van der Waals surface area contributed by atoms with Gasteiger partial charge in [0.15, 0.2) is 0 Å². The fraction of sp³-hybridized carbons (Fsp3) is 0.120. The Morgan fingerprint density at radius 3 is 2.28 bits per heavy atom. The van der Waals surface area contributed by atoms with Gasteiger partial charge in [0, 0.05) is 36.5 Å². The van der Waals surface area contributed by atoms with E-state index < -0.39 is 17.5 Å². The van der Waals surface area contributed by atoms with Gasteiger partial charge >= 0.3 is 0 Å². The maximum Gasteiger partial charge on any atom is 0.257 e. The fourth-order valence-electron chi connectivity index (χ4n) is 3.62. The molecular formula is C25H20F2N2O3. The van der Waals surface area contributed by atoms with Crippen molar-refractivity contribution in [2.24, 2.45) is 0 Å². The summed E-state index contributed by atoms with van der Waals surface area (Å²) >= 11 is 0. The number of anilines is 1. The van der Waals surface area contributed by atoms with Crippen LogP contribution in [-0.4, -0.2) is 34.9 Å². The van der Waals surface area contributed by atoms with E-state index in [1.807, 2.05) is 36.4 Å². The number of carbonyl (C=O) groups is 2. The highest BCUT2D eigenvalue weighted by Crippen LogP contribution is 2.27. The van der Waals surface area contributed by atoms with E-state index in [9.17, 15) is 23.5 Å². The van der Waals surface area contributed by atoms with E-state index in [4.69, 9.17) is 0 Å². The molecule has 0 radical (unpaired) electrons. The molecule has 3 aromatic rings. The van der Waals surface area contributed by atoms with Crippen molar-refractivity contribution >= 4 is 23.1 Å². The summed E-state index contributed by atoms with van der Waals surface area (Å²) in [6.07, 6.45) is 2.70. The summed E-state index contributed by atoms with van der Waals surface area (Å²) in [4.78, 5) is 26.7. The summed E-state index contributed by atoms with van der Waals surface area (Å²) in [6.45, 7) is 0.939. The first-order valence-electron chi connectivity index (χ1n) is 10.0. The molecule has 0 fully saturated rings. The Bertz CT molecular complexity index is 1190. The number of phenolic OH excluding ortho intramolecular Hbond substituents is 1. The Morgan fingerprint density at radius 1 is 0.938 bits per heavy atom. The number of hydrogen-bond acceptors (Lipinski definition) is 3. The average Bonchev–Trinajstić information content (AvgIpc) is 2.79. The number of nitrogens with zero attached hydrogens (tertiary/aromatic N) is 1. The van der Waals surface area contributed by atoms with Gasteiger partial charge in [-0.15, -0.1) is 0 Å². The third-order valence-corrected chi connectivity index (χ3v) is 5.25. The summed E-state index contributed by atoms with van der Waals surface area (Å²) in [6, 6.07) is 16.5. The number of amides is 2. The van der Waals surface area contributed by atoms with Gasteiger partial charge < -0.3 is 15.3 Å². The molecule has 0 spiro atoms. The average molecular weight is 434 g/mol. The lowest BCUT2D eigenvalue weighted by atomic mass is 9.99. The van der Waals surface area contributed by atoms with Crippen molar-refractivity contribution in [3.8, 4) is 5.75 Å². The quantitative estimate of drug-likeness (QED) is 0.617. The molecule has 32 heavy (non-hydrogen) atoms. The first kappa shape index (κ1) is 21.2. The predicted octanol–water partition coefficient (Wildman–Crippen LogP) is 4.85. The lowest BCUT2D eigenvalue weighted by Crippen LogP contribution is -2.34.